The molecule has 4 amide bonds. The molecule has 2 N–H and O–H groups in total. The zero-order valence-corrected chi connectivity index (χ0v) is 11.0. The van der Waals surface area contributed by atoms with Crippen LogP contribution in [0, 0.1) is 0 Å². The van der Waals surface area contributed by atoms with Crippen molar-refractivity contribution in [3.05, 3.63) is 0 Å². The van der Waals surface area contributed by atoms with Crippen LogP contribution in [0.5, 0.6) is 0 Å². The van der Waals surface area contributed by atoms with Crippen LogP contribution in [0.15, 0.2) is 0 Å². The van der Waals surface area contributed by atoms with E-state index in [0.29, 0.717) is 6.42 Å². The predicted octanol–water partition coefficient (Wildman–Crippen LogP) is -0.700. The van der Waals surface area contributed by atoms with Gasteiger partial charge >= 0.3 is 6.03 Å². The average Bonchev–Trinajstić information content (AvgIpc) is 2.59. The van der Waals surface area contributed by atoms with Gasteiger partial charge in [0.1, 0.15) is 13.1 Å². The highest BCUT2D eigenvalue weighted by Crippen LogP contribution is 2.18. The Hall–Kier alpha value is -1.63. The molecule has 1 saturated carbocycles. The molecule has 0 unspecified atom stereocenters. The molecule has 0 radical (unpaired) electrons. The SMILES string of the molecule is CN1CC(=O)N(CC(=O)N[C@@H]2CCCC[C@H]2O)C1=O. The summed E-state index contributed by atoms with van der Waals surface area (Å²) in [7, 11) is 1.52. The molecule has 7 heteroatoms. The van der Waals surface area contributed by atoms with Gasteiger partial charge in [-0.05, 0) is 12.8 Å². The Bertz CT molecular complexity index is 398. The van der Waals surface area contributed by atoms with Crippen LogP contribution in [0.3, 0.4) is 0 Å². The number of hydrogen-bond donors (Lipinski definition) is 2. The number of likely N-dealkylation sites (N-methyl/N-ethyl adjacent to an activating group) is 1. The van der Waals surface area contributed by atoms with Crippen molar-refractivity contribution in [2.75, 3.05) is 20.1 Å². The van der Waals surface area contributed by atoms with E-state index in [0.717, 1.165) is 24.2 Å². The molecule has 2 atom stereocenters. The molecule has 1 saturated heterocycles. The summed E-state index contributed by atoms with van der Waals surface area (Å²) in [5.41, 5.74) is 0. The van der Waals surface area contributed by atoms with E-state index in [2.05, 4.69) is 5.32 Å². The first-order chi connectivity index (χ1) is 8.99. The normalized spacial score (nSPS) is 27.9. The highest BCUT2D eigenvalue weighted by molar-refractivity contribution is 6.04. The largest absolute Gasteiger partial charge is 0.391 e. The van der Waals surface area contributed by atoms with Gasteiger partial charge in [-0.15, -0.1) is 0 Å². The van der Waals surface area contributed by atoms with Crippen LogP contribution in [0.4, 0.5) is 4.79 Å². The molecular weight excluding hydrogens is 250 g/mol. The summed E-state index contributed by atoms with van der Waals surface area (Å²) in [6.07, 6.45) is 2.79. The molecule has 7 nitrogen and oxygen atoms in total. The minimum Gasteiger partial charge on any atom is -0.391 e. The second-order valence-corrected chi connectivity index (χ2v) is 5.14. The minimum absolute atomic E-state index is 0.0121. The van der Waals surface area contributed by atoms with E-state index in [1.165, 1.54) is 11.9 Å². The lowest BCUT2D eigenvalue weighted by molar-refractivity contribution is -0.131. The number of carbonyl (C=O) groups is 3. The lowest BCUT2D eigenvalue weighted by Gasteiger charge is -2.28. The van der Waals surface area contributed by atoms with Gasteiger partial charge < -0.3 is 15.3 Å². The Kier molecular flexibility index (Phi) is 4.04. The lowest BCUT2D eigenvalue weighted by Crippen LogP contribution is -2.49. The predicted molar refractivity (Wildman–Crippen MR) is 66.1 cm³/mol. The van der Waals surface area contributed by atoms with Crippen molar-refractivity contribution < 1.29 is 19.5 Å². The molecular formula is C12H19N3O4. The maximum absolute atomic E-state index is 11.8. The summed E-state index contributed by atoms with van der Waals surface area (Å²) < 4.78 is 0. The van der Waals surface area contributed by atoms with Gasteiger partial charge in [0.15, 0.2) is 0 Å². The monoisotopic (exact) mass is 269 g/mol. The van der Waals surface area contributed by atoms with Gasteiger partial charge in [-0.25, -0.2) is 4.79 Å². The second kappa shape index (κ2) is 5.56. The van der Waals surface area contributed by atoms with Gasteiger partial charge in [0, 0.05) is 7.05 Å². The molecule has 0 aromatic rings. The van der Waals surface area contributed by atoms with Crippen LogP contribution in [0.25, 0.3) is 0 Å². The van der Waals surface area contributed by atoms with E-state index in [1.54, 1.807) is 0 Å². The Balaban J connectivity index is 1.87. The molecule has 0 spiro atoms. The first kappa shape index (κ1) is 13.8. The molecule has 0 aromatic carbocycles. The summed E-state index contributed by atoms with van der Waals surface area (Å²) in [5.74, 6) is -0.769. The fraction of sp³-hybridized carbons (Fsp3) is 0.750. The standard InChI is InChI=1S/C12H19N3O4/c1-14-7-11(18)15(12(14)19)6-10(17)13-8-4-2-3-5-9(8)16/h8-9,16H,2-7H2,1H3,(H,13,17)/t8-,9-/m1/s1. The number of aliphatic hydroxyl groups excluding tert-OH is 1. The van der Waals surface area contributed by atoms with Gasteiger partial charge in [-0.1, -0.05) is 12.8 Å². The number of aliphatic hydroxyl groups is 1. The van der Waals surface area contributed by atoms with Gasteiger partial charge in [-0.3, -0.25) is 14.5 Å². The summed E-state index contributed by atoms with van der Waals surface area (Å²) in [6, 6.07) is -0.726. The van der Waals surface area contributed by atoms with E-state index in [9.17, 15) is 19.5 Å². The Morgan fingerprint density at radius 2 is 2.05 bits per heavy atom. The van der Waals surface area contributed by atoms with Gasteiger partial charge in [-0.2, -0.15) is 0 Å². The number of rotatable bonds is 3. The van der Waals surface area contributed by atoms with Crippen LogP contribution < -0.4 is 5.32 Å². The zero-order chi connectivity index (χ0) is 14.0. The summed E-state index contributed by atoms with van der Waals surface area (Å²) >= 11 is 0. The fourth-order valence-corrected chi connectivity index (χ4v) is 2.50. The second-order valence-electron chi connectivity index (χ2n) is 5.14. The molecule has 0 bridgehead atoms. The average molecular weight is 269 g/mol. The molecule has 0 aromatic heterocycles. The van der Waals surface area contributed by atoms with E-state index in [-0.39, 0.29) is 25.0 Å². The third kappa shape index (κ3) is 3.04. The van der Waals surface area contributed by atoms with E-state index in [1.807, 2.05) is 0 Å². The van der Waals surface area contributed by atoms with E-state index < -0.39 is 18.0 Å². The molecule has 2 aliphatic rings. The summed E-state index contributed by atoms with van der Waals surface area (Å²) in [4.78, 5) is 37.2. The molecule has 1 aliphatic heterocycles. The van der Waals surface area contributed by atoms with Crippen LogP contribution in [-0.2, 0) is 9.59 Å². The molecule has 2 rings (SSSR count). The van der Waals surface area contributed by atoms with Crippen molar-refractivity contribution in [3.63, 3.8) is 0 Å². The number of nitrogens with one attached hydrogen (secondary N) is 1. The highest BCUT2D eigenvalue weighted by Gasteiger charge is 2.35. The third-order valence-corrected chi connectivity index (χ3v) is 3.61. The molecule has 2 fully saturated rings. The quantitative estimate of drug-likeness (QED) is 0.663. The number of amides is 4. The maximum atomic E-state index is 11.8. The zero-order valence-electron chi connectivity index (χ0n) is 11.0. The van der Waals surface area contributed by atoms with Crippen LogP contribution >= 0.6 is 0 Å². The van der Waals surface area contributed by atoms with Gasteiger partial charge in [0.25, 0.3) is 5.91 Å². The Morgan fingerprint density at radius 1 is 1.37 bits per heavy atom. The Morgan fingerprint density at radius 3 is 2.63 bits per heavy atom. The van der Waals surface area contributed by atoms with Crippen LogP contribution in [0.2, 0.25) is 0 Å². The number of urea groups is 1. The summed E-state index contributed by atoms with van der Waals surface area (Å²) in [5, 5.41) is 12.5. The van der Waals surface area contributed by atoms with Gasteiger partial charge in [0.2, 0.25) is 5.91 Å². The van der Waals surface area contributed by atoms with Gasteiger partial charge in [0.05, 0.1) is 12.1 Å². The number of nitrogens with zero attached hydrogens (tertiary/aromatic N) is 2. The van der Waals surface area contributed by atoms with E-state index >= 15 is 0 Å². The minimum atomic E-state index is -0.537. The summed E-state index contributed by atoms with van der Waals surface area (Å²) in [6.45, 7) is -0.261. The smallest absolute Gasteiger partial charge is 0.327 e. The van der Waals surface area contributed by atoms with Crippen molar-refractivity contribution in [1.29, 1.82) is 0 Å². The van der Waals surface area contributed by atoms with E-state index in [4.69, 9.17) is 0 Å². The molecule has 106 valence electrons. The van der Waals surface area contributed by atoms with Crippen molar-refractivity contribution in [2.45, 2.75) is 37.8 Å². The number of imide groups is 1. The maximum Gasteiger partial charge on any atom is 0.327 e. The van der Waals surface area contributed by atoms with Crippen LogP contribution in [-0.4, -0.2) is 65.0 Å². The first-order valence-corrected chi connectivity index (χ1v) is 6.52. The fourth-order valence-electron chi connectivity index (χ4n) is 2.50. The molecule has 1 heterocycles. The number of carbonyl (C=O) groups excluding carboxylic acids is 3. The first-order valence-electron chi connectivity index (χ1n) is 6.52. The van der Waals surface area contributed by atoms with Crippen molar-refractivity contribution in [2.24, 2.45) is 0 Å². The highest BCUT2D eigenvalue weighted by atomic mass is 16.3. The lowest BCUT2D eigenvalue weighted by atomic mass is 9.92. The van der Waals surface area contributed by atoms with Crippen molar-refractivity contribution in [3.8, 4) is 0 Å². The van der Waals surface area contributed by atoms with Crippen LogP contribution in [0.1, 0.15) is 25.7 Å². The van der Waals surface area contributed by atoms with Crippen molar-refractivity contribution >= 4 is 17.8 Å². The molecule has 19 heavy (non-hydrogen) atoms. The third-order valence-electron chi connectivity index (χ3n) is 3.61. The number of hydrogen-bond acceptors (Lipinski definition) is 4. The van der Waals surface area contributed by atoms with Crippen molar-refractivity contribution in [1.82, 2.24) is 15.1 Å². The topological polar surface area (TPSA) is 90.0 Å². The Labute approximate surface area is 111 Å². The molecule has 1 aliphatic carbocycles.